The number of ether oxygens (including phenoxy) is 2. The van der Waals surface area contributed by atoms with Crippen LogP contribution < -0.4 is 15.4 Å². The Morgan fingerprint density at radius 1 is 1.04 bits per heavy atom. The van der Waals surface area contributed by atoms with E-state index in [4.69, 9.17) is 20.2 Å². The summed E-state index contributed by atoms with van der Waals surface area (Å²) in [6.07, 6.45) is 3.43. The molecule has 0 bridgehead atoms. The highest BCUT2D eigenvalue weighted by Crippen LogP contribution is 2.35. The maximum Gasteiger partial charge on any atom is 0.410 e. The van der Waals surface area contributed by atoms with Crippen molar-refractivity contribution in [2.45, 2.75) is 32.9 Å². The molecule has 0 unspecified atom stereocenters. The molecule has 2 N–H and O–H groups in total. The van der Waals surface area contributed by atoms with Gasteiger partial charge in [-0.05, 0) is 69.3 Å². The third-order valence-corrected chi connectivity index (χ3v) is 6.98. The van der Waals surface area contributed by atoms with Crippen LogP contribution in [-0.4, -0.2) is 67.7 Å². The minimum atomic E-state index is -0.617. The zero-order valence-electron chi connectivity index (χ0n) is 26.3. The Bertz CT molecular complexity index is 1870. The molecule has 3 aromatic heterocycles. The van der Waals surface area contributed by atoms with Crippen LogP contribution in [0, 0.1) is 5.82 Å². The Morgan fingerprint density at radius 2 is 1.76 bits per heavy atom. The molecule has 238 valence electrons. The number of aryl methyl sites for hydroxylation is 1. The normalized spacial score (nSPS) is 11.3. The molecule has 0 atom stereocenters. The van der Waals surface area contributed by atoms with Gasteiger partial charge in [0.05, 0.1) is 41.8 Å². The molecule has 46 heavy (non-hydrogen) atoms. The van der Waals surface area contributed by atoms with Crippen LogP contribution in [0.4, 0.5) is 20.8 Å². The smallest absolute Gasteiger partial charge is 0.410 e. The van der Waals surface area contributed by atoms with Crippen molar-refractivity contribution >= 4 is 35.2 Å². The van der Waals surface area contributed by atoms with Gasteiger partial charge in [0.1, 0.15) is 29.5 Å². The highest BCUT2D eigenvalue weighted by Gasteiger charge is 2.23. The Hall–Kier alpha value is -5.59. The van der Waals surface area contributed by atoms with Crippen molar-refractivity contribution in [3.63, 3.8) is 0 Å². The number of anilines is 2. The number of imidazole rings is 1. The highest BCUT2D eigenvalue weighted by molar-refractivity contribution is 5.89. The van der Waals surface area contributed by atoms with Crippen molar-refractivity contribution in [1.82, 2.24) is 29.4 Å². The largest absolute Gasteiger partial charge is 0.490 e. The number of nitrogens with two attached hydrogens (primary N) is 1. The van der Waals surface area contributed by atoms with Crippen LogP contribution in [0.15, 0.2) is 67.1 Å². The molecule has 12 nitrogen and oxygen atoms in total. The van der Waals surface area contributed by atoms with E-state index in [1.165, 1.54) is 21.9 Å². The number of aromatic nitrogens is 5. The molecule has 0 aliphatic rings. The molecule has 5 rings (SSSR count). The van der Waals surface area contributed by atoms with Gasteiger partial charge in [-0.25, -0.2) is 24.1 Å². The number of nitrogen functional groups attached to an aromatic ring is 1. The molecule has 5 aromatic rings. The van der Waals surface area contributed by atoms with Crippen LogP contribution in [0.25, 0.3) is 33.5 Å². The fourth-order valence-corrected chi connectivity index (χ4v) is 4.66. The molecule has 0 aliphatic carbocycles. The average Bonchev–Trinajstić information content (AvgIpc) is 3.39. The average molecular weight is 627 g/mol. The van der Waals surface area contributed by atoms with Crippen molar-refractivity contribution in [2.75, 3.05) is 30.8 Å². The Balaban J connectivity index is 1.45. The molecule has 0 fully saturated rings. The fraction of sp³-hybridized carbons (Fsp3) is 0.273. The lowest BCUT2D eigenvalue weighted by atomic mass is 10.0. The number of fused-ring (bicyclic) bond motifs is 1. The van der Waals surface area contributed by atoms with Gasteiger partial charge in [-0.2, -0.15) is 0 Å². The second-order valence-electron chi connectivity index (χ2n) is 11.6. The van der Waals surface area contributed by atoms with E-state index >= 15 is 0 Å². The molecule has 2 amide bonds. The van der Waals surface area contributed by atoms with Gasteiger partial charge in [-0.3, -0.25) is 14.7 Å². The topological polar surface area (TPSA) is 142 Å². The summed E-state index contributed by atoms with van der Waals surface area (Å²) >= 11 is 0. The maximum atomic E-state index is 13.8. The van der Waals surface area contributed by atoms with Gasteiger partial charge in [-0.15, -0.1) is 0 Å². The van der Waals surface area contributed by atoms with Gasteiger partial charge in [0.2, 0.25) is 6.41 Å². The van der Waals surface area contributed by atoms with Crippen LogP contribution in [0.1, 0.15) is 26.5 Å². The number of carbonyl (C=O) groups is 2. The molecule has 0 aliphatic heterocycles. The molecular weight excluding hydrogens is 591 g/mol. The first-order valence-corrected chi connectivity index (χ1v) is 14.5. The monoisotopic (exact) mass is 626 g/mol. The van der Waals surface area contributed by atoms with Crippen molar-refractivity contribution in [3.8, 4) is 28.3 Å². The van der Waals surface area contributed by atoms with Gasteiger partial charge in [-0.1, -0.05) is 6.07 Å². The predicted octanol–water partition coefficient (Wildman–Crippen LogP) is 5.22. The first kappa shape index (κ1) is 31.8. The first-order chi connectivity index (χ1) is 21.9. The third kappa shape index (κ3) is 7.20. The molecular formula is C33H35FN8O4. The molecule has 0 saturated heterocycles. The van der Waals surface area contributed by atoms with Gasteiger partial charge in [0.15, 0.2) is 11.6 Å². The fourth-order valence-electron chi connectivity index (χ4n) is 4.66. The maximum absolute atomic E-state index is 13.8. The quantitative estimate of drug-likeness (QED) is 0.207. The number of benzene rings is 2. The van der Waals surface area contributed by atoms with Crippen LogP contribution in [0.3, 0.4) is 0 Å². The van der Waals surface area contributed by atoms with E-state index in [2.05, 4.69) is 15.0 Å². The number of nitrogens with zero attached hydrogens (tertiary/aromatic N) is 7. The molecule has 13 heteroatoms. The van der Waals surface area contributed by atoms with Gasteiger partial charge >= 0.3 is 6.09 Å². The summed E-state index contributed by atoms with van der Waals surface area (Å²) in [5, 5.41) is 0. The Morgan fingerprint density at radius 3 is 2.48 bits per heavy atom. The second kappa shape index (κ2) is 13.2. The summed E-state index contributed by atoms with van der Waals surface area (Å²) in [5.74, 6) is 0.135. The molecule has 0 spiro atoms. The van der Waals surface area contributed by atoms with Crippen LogP contribution >= 0.6 is 0 Å². The summed E-state index contributed by atoms with van der Waals surface area (Å²) in [7, 11) is 3.51. The van der Waals surface area contributed by atoms with Crippen molar-refractivity contribution in [2.24, 2.45) is 7.05 Å². The number of likely N-dealkylation sites (N-methyl/N-ethyl adjacent to an activating group) is 1. The summed E-state index contributed by atoms with van der Waals surface area (Å²) in [6.45, 7) is 5.78. The van der Waals surface area contributed by atoms with Crippen molar-refractivity contribution in [1.29, 1.82) is 0 Å². The van der Waals surface area contributed by atoms with E-state index in [0.29, 0.717) is 40.4 Å². The van der Waals surface area contributed by atoms with E-state index in [1.807, 2.05) is 29.8 Å². The molecule has 3 heterocycles. The number of rotatable bonds is 10. The van der Waals surface area contributed by atoms with Gasteiger partial charge in [0, 0.05) is 31.4 Å². The Kier molecular flexibility index (Phi) is 9.12. The van der Waals surface area contributed by atoms with Crippen LogP contribution in [-0.2, 0) is 23.1 Å². The standard InChI is InChI=1S/C33H35FN8O4/c1-33(2,3)46-32(44)40(4)15-16-45-27-7-6-14-36-25(27)18-42(20-43)31-30(35)38-28(21-8-11-23(34)12-9-21)29(39-31)22-10-13-24-26(17-22)41(5)19-37-24/h6-14,17,19-20H,15-16,18H2,1-5H3,(H2,35,38). The van der Waals surface area contributed by atoms with Gasteiger partial charge in [0.25, 0.3) is 0 Å². The number of hydrogen-bond acceptors (Lipinski definition) is 9. The molecule has 0 saturated carbocycles. The zero-order chi connectivity index (χ0) is 33.0. The van der Waals surface area contributed by atoms with E-state index < -0.39 is 17.5 Å². The minimum absolute atomic E-state index is 0.00540. The van der Waals surface area contributed by atoms with Crippen molar-refractivity contribution in [3.05, 3.63) is 78.6 Å². The van der Waals surface area contributed by atoms with E-state index in [1.54, 1.807) is 64.6 Å². The van der Waals surface area contributed by atoms with E-state index in [0.717, 1.165) is 11.0 Å². The highest BCUT2D eigenvalue weighted by atomic mass is 19.1. The summed E-state index contributed by atoms with van der Waals surface area (Å²) in [6, 6.07) is 14.9. The SMILES string of the molecule is CN(CCOc1cccnc1CN(C=O)c1nc(-c2ccc3ncn(C)c3c2)c(-c2ccc(F)cc2)nc1N)C(=O)OC(C)(C)C. The third-order valence-electron chi connectivity index (χ3n) is 6.98. The summed E-state index contributed by atoms with van der Waals surface area (Å²) in [4.78, 5) is 45.9. The second-order valence-corrected chi connectivity index (χ2v) is 11.6. The predicted molar refractivity (Wildman–Crippen MR) is 172 cm³/mol. The number of halogens is 1. The first-order valence-electron chi connectivity index (χ1n) is 14.5. The number of amides is 2. The summed E-state index contributed by atoms with van der Waals surface area (Å²) in [5.41, 5.74) is 10.1. The minimum Gasteiger partial charge on any atom is -0.490 e. The van der Waals surface area contributed by atoms with Crippen LogP contribution in [0.5, 0.6) is 5.75 Å². The lowest BCUT2D eigenvalue weighted by Crippen LogP contribution is -2.36. The van der Waals surface area contributed by atoms with Crippen molar-refractivity contribution < 1.29 is 23.5 Å². The zero-order valence-corrected chi connectivity index (χ0v) is 26.3. The van der Waals surface area contributed by atoms with Gasteiger partial charge < -0.3 is 24.7 Å². The number of hydrogen-bond donors (Lipinski definition) is 1. The number of pyridine rings is 1. The van der Waals surface area contributed by atoms with Crippen LogP contribution in [0.2, 0.25) is 0 Å². The van der Waals surface area contributed by atoms with E-state index in [9.17, 15) is 14.0 Å². The lowest BCUT2D eigenvalue weighted by molar-refractivity contribution is -0.107. The molecule has 0 radical (unpaired) electrons. The van der Waals surface area contributed by atoms with E-state index in [-0.39, 0.29) is 31.3 Å². The number of carbonyl (C=O) groups excluding carboxylic acids is 2. The lowest BCUT2D eigenvalue weighted by Gasteiger charge is -2.25. The molecule has 2 aromatic carbocycles. The summed E-state index contributed by atoms with van der Waals surface area (Å²) < 4.78 is 27.0. The Labute approximate surface area is 265 Å².